The number of hydrogen-bond donors (Lipinski definition) is 0. The third-order valence-corrected chi connectivity index (χ3v) is 1.29. The molecule has 0 fully saturated rings. The summed E-state index contributed by atoms with van der Waals surface area (Å²) in [6, 6.07) is 0. The molecule has 0 amide bonds. The van der Waals surface area contributed by atoms with Crippen LogP contribution in [-0.2, 0) is 6.42 Å². The quantitative estimate of drug-likeness (QED) is 0.622. The van der Waals surface area contributed by atoms with Gasteiger partial charge in [-0.1, -0.05) is 13.3 Å². The molecule has 1 radical (unpaired) electrons. The number of hydrogen-bond acceptors (Lipinski definition) is 3. The van der Waals surface area contributed by atoms with Gasteiger partial charge in [-0.25, -0.2) is 4.98 Å². The Kier molecular flexibility index (Phi) is 2.80. The Labute approximate surface area is 60.5 Å². The molecule has 10 heavy (non-hydrogen) atoms. The minimum Gasteiger partial charge on any atom is -0.227 e. The molecule has 53 valence electrons. The van der Waals surface area contributed by atoms with E-state index in [0.29, 0.717) is 0 Å². The smallest absolute Gasteiger partial charge is 0.221 e. The van der Waals surface area contributed by atoms with Crippen LogP contribution in [0.1, 0.15) is 25.5 Å². The Morgan fingerprint density at radius 3 is 3.10 bits per heavy atom. The molecule has 0 saturated heterocycles. The van der Waals surface area contributed by atoms with Crippen LogP contribution in [0.2, 0.25) is 0 Å². The lowest BCUT2D eigenvalue weighted by Crippen LogP contribution is -1.92. The lowest BCUT2D eigenvalue weighted by molar-refractivity contribution is 0.758. The first-order valence-electron chi connectivity index (χ1n) is 3.48. The van der Waals surface area contributed by atoms with E-state index in [9.17, 15) is 0 Å². The third-order valence-electron chi connectivity index (χ3n) is 1.29. The number of aromatic nitrogens is 3. The zero-order chi connectivity index (χ0) is 7.23. The minimum absolute atomic E-state index is 0.983. The van der Waals surface area contributed by atoms with Crippen LogP contribution in [0.25, 0.3) is 0 Å². The van der Waals surface area contributed by atoms with Crippen molar-refractivity contribution in [1.82, 2.24) is 15.2 Å². The van der Waals surface area contributed by atoms with Crippen molar-refractivity contribution >= 4 is 0 Å². The standard InChI is InChI=1S/C7H10N3/c1-2-3-4-7-5-9-10-6-8-7/h5H,2-4H2,1H3. The van der Waals surface area contributed by atoms with Crippen LogP contribution in [0.3, 0.4) is 0 Å². The molecule has 1 aromatic rings. The predicted octanol–water partition coefficient (Wildman–Crippen LogP) is 1.01. The van der Waals surface area contributed by atoms with E-state index in [1.807, 2.05) is 0 Å². The zero-order valence-corrected chi connectivity index (χ0v) is 6.04. The normalized spacial score (nSPS) is 9.70. The SMILES string of the molecule is CCCCc1cnn[c]n1. The van der Waals surface area contributed by atoms with Crippen molar-refractivity contribution in [3.8, 4) is 0 Å². The summed E-state index contributed by atoms with van der Waals surface area (Å²) in [5.74, 6) is 0. The summed E-state index contributed by atoms with van der Waals surface area (Å²) in [5.41, 5.74) is 0.983. The molecule has 3 heteroatoms. The van der Waals surface area contributed by atoms with Crippen molar-refractivity contribution in [2.45, 2.75) is 26.2 Å². The Balaban J connectivity index is 2.43. The maximum absolute atomic E-state index is 3.92. The lowest BCUT2D eigenvalue weighted by atomic mass is 10.2. The summed E-state index contributed by atoms with van der Waals surface area (Å²) in [7, 11) is 0. The van der Waals surface area contributed by atoms with Crippen LogP contribution >= 0.6 is 0 Å². The van der Waals surface area contributed by atoms with E-state index in [-0.39, 0.29) is 0 Å². The van der Waals surface area contributed by atoms with E-state index in [1.165, 1.54) is 6.42 Å². The third kappa shape index (κ3) is 2.09. The molecule has 0 aliphatic carbocycles. The Hall–Kier alpha value is -0.990. The van der Waals surface area contributed by atoms with Gasteiger partial charge in [-0.2, -0.15) is 5.10 Å². The van der Waals surface area contributed by atoms with Crippen LogP contribution < -0.4 is 0 Å². The molecule has 0 spiro atoms. The Bertz CT molecular complexity index is 173. The minimum atomic E-state index is 0.983. The number of aryl methyl sites for hydroxylation is 1. The largest absolute Gasteiger partial charge is 0.227 e. The van der Waals surface area contributed by atoms with Crippen molar-refractivity contribution in [3.05, 3.63) is 18.2 Å². The van der Waals surface area contributed by atoms with Crippen LogP contribution in [-0.4, -0.2) is 15.2 Å². The average Bonchev–Trinajstić information content (AvgIpc) is 2.03. The van der Waals surface area contributed by atoms with Crippen LogP contribution in [0, 0.1) is 6.33 Å². The molecular formula is C7H10N3. The molecule has 0 bridgehead atoms. The highest BCUT2D eigenvalue weighted by Crippen LogP contribution is 1.96. The molecule has 0 aliphatic heterocycles. The van der Waals surface area contributed by atoms with Gasteiger partial charge in [0.2, 0.25) is 6.33 Å². The van der Waals surface area contributed by atoms with Crippen molar-refractivity contribution in [3.63, 3.8) is 0 Å². The molecule has 0 saturated carbocycles. The van der Waals surface area contributed by atoms with Crippen LogP contribution in [0.15, 0.2) is 6.20 Å². The topological polar surface area (TPSA) is 38.7 Å². The number of nitrogens with zero attached hydrogens (tertiary/aromatic N) is 3. The maximum atomic E-state index is 3.92. The highest BCUT2D eigenvalue weighted by Gasteiger charge is 1.91. The number of unbranched alkanes of at least 4 members (excludes halogenated alkanes) is 1. The summed E-state index contributed by atoms with van der Waals surface area (Å²) in [6.07, 6.45) is 7.48. The zero-order valence-electron chi connectivity index (χ0n) is 6.04. The Morgan fingerprint density at radius 1 is 1.60 bits per heavy atom. The second kappa shape index (κ2) is 3.93. The van der Waals surface area contributed by atoms with Gasteiger partial charge < -0.3 is 0 Å². The van der Waals surface area contributed by atoms with E-state index in [1.54, 1.807) is 6.20 Å². The fourth-order valence-corrected chi connectivity index (χ4v) is 0.715. The number of rotatable bonds is 3. The molecule has 1 rings (SSSR count). The van der Waals surface area contributed by atoms with Gasteiger partial charge in [0.25, 0.3) is 0 Å². The first kappa shape index (κ1) is 7.12. The van der Waals surface area contributed by atoms with Gasteiger partial charge in [-0.15, -0.1) is 5.10 Å². The fraction of sp³-hybridized carbons (Fsp3) is 0.571. The second-order valence-corrected chi connectivity index (χ2v) is 2.15. The van der Waals surface area contributed by atoms with Gasteiger partial charge in [-0.05, 0) is 12.8 Å². The summed E-state index contributed by atoms with van der Waals surface area (Å²) < 4.78 is 0. The Morgan fingerprint density at radius 2 is 2.50 bits per heavy atom. The monoisotopic (exact) mass is 136 g/mol. The molecule has 0 aliphatic rings. The van der Waals surface area contributed by atoms with Crippen molar-refractivity contribution in [1.29, 1.82) is 0 Å². The van der Waals surface area contributed by atoms with E-state index in [4.69, 9.17) is 0 Å². The first-order valence-corrected chi connectivity index (χ1v) is 3.48. The van der Waals surface area contributed by atoms with Crippen molar-refractivity contribution in [2.75, 3.05) is 0 Å². The molecule has 0 N–H and O–H groups in total. The first-order chi connectivity index (χ1) is 4.93. The lowest BCUT2D eigenvalue weighted by Gasteiger charge is -1.93. The van der Waals surface area contributed by atoms with E-state index in [0.717, 1.165) is 18.5 Å². The molecule has 0 unspecified atom stereocenters. The highest BCUT2D eigenvalue weighted by atomic mass is 15.1. The summed E-state index contributed by atoms with van der Waals surface area (Å²) >= 11 is 0. The second-order valence-electron chi connectivity index (χ2n) is 2.15. The fourth-order valence-electron chi connectivity index (χ4n) is 0.715. The summed E-state index contributed by atoms with van der Waals surface area (Å²) in [5, 5.41) is 7.14. The van der Waals surface area contributed by atoms with E-state index >= 15 is 0 Å². The van der Waals surface area contributed by atoms with Gasteiger partial charge in [0.05, 0.1) is 11.9 Å². The summed E-state index contributed by atoms with van der Waals surface area (Å²) in [6.45, 7) is 2.15. The van der Waals surface area contributed by atoms with Gasteiger partial charge >= 0.3 is 0 Å². The van der Waals surface area contributed by atoms with E-state index in [2.05, 4.69) is 28.4 Å². The maximum Gasteiger partial charge on any atom is 0.221 e. The predicted molar refractivity (Wildman–Crippen MR) is 37.3 cm³/mol. The van der Waals surface area contributed by atoms with E-state index < -0.39 is 0 Å². The van der Waals surface area contributed by atoms with Crippen molar-refractivity contribution in [2.24, 2.45) is 0 Å². The van der Waals surface area contributed by atoms with Gasteiger partial charge in [-0.3, -0.25) is 0 Å². The van der Waals surface area contributed by atoms with Gasteiger partial charge in [0, 0.05) is 0 Å². The molecule has 1 aromatic heterocycles. The van der Waals surface area contributed by atoms with Gasteiger partial charge in [0.15, 0.2) is 0 Å². The van der Waals surface area contributed by atoms with Crippen LogP contribution in [0.4, 0.5) is 0 Å². The van der Waals surface area contributed by atoms with Crippen LogP contribution in [0.5, 0.6) is 0 Å². The molecular weight excluding hydrogens is 126 g/mol. The molecule has 0 aromatic carbocycles. The van der Waals surface area contributed by atoms with Crippen molar-refractivity contribution < 1.29 is 0 Å². The molecule has 3 nitrogen and oxygen atoms in total. The molecule has 0 atom stereocenters. The summed E-state index contributed by atoms with van der Waals surface area (Å²) in [4.78, 5) is 3.92. The average molecular weight is 136 g/mol. The highest BCUT2D eigenvalue weighted by molar-refractivity contribution is 4.90. The van der Waals surface area contributed by atoms with Gasteiger partial charge in [0.1, 0.15) is 0 Å². The molecule has 1 heterocycles.